The molecule has 0 fully saturated rings. The van der Waals surface area contributed by atoms with Crippen molar-refractivity contribution < 1.29 is 4.79 Å². The van der Waals surface area contributed by atoms with Gasteiger partial charge in [0.05, 0.1) is 18.2 Å². The number of hydrogen-bond donors (Lipinski definition) is 0. The van der Waals surface area contributed by atoms with Gasteiger partial charge in [-0.25, -0.2) is 4.98 Å². The molecular formula is C22H22N4OS. The molecule has 0 radical (unpaired) electrons. The number of thioether (sulfide) groups is 1. The Morgan fingerprint density at radius 2 is 1.89 bits per heavy atom. The molecule has 0 N–H and O–H groups in total. The zero-order chi connectivity index (χ0) is 19.9. The van der Waals surface area contributed by atoms with Crippen LogP contribution in [0.15, 0.2) is 66.1 Å². The van der Waals surface area contributed by atoms with Crippen molar-refractivity contribution in [2.75, 3.05) is 17.2 Å². The summed E-state index contributed by atoms with van der Waals surface area (Å²) in [6.07, 6.45) is 3.95. The first-order valence-electron chi connectivity index (χ1n) is 9.05. The Bertz CT molecular complexity index is 971. The quantitative estimate of drug-likeness (QED) is 0.556. The Morgan fingerprint density at radius 1 is 1.18 bits per heavy atom. The van der Waals surface area contributed by atoms with Crippen LogP contribution in [0.5, 0.6) is 0 Å². The van der Waals surface area contributed by atoms with E-state index in [-0.39, 0.29) is 11.7 Å². The smallest absolute Gasteiger partial charge is 0.237 e. The van der Waals surface area contributed by atoms with Gasteiger partial charge >= 0.3 is 0 Å². The molecule has 28 heavy (non-hydrogen) atoms. The summed E-state index contributed by atoms with van der Waals surface area (Å²) in [6, 6.07) is 17.9. The zero-order valence-corrected chi connectivity index (χ0v) is 16.8. The minimum atomic E-state index is -0.0403. The van der Waals surface area contributed by atoms with Crippen molar-refractivity contribution in [2.45, 2.75) is 25.4 Å². The van der Waals surface area contributed by atoms with E-state index in [2.05, 4.69) is 43.1 Å². The van der Waals surface area contributed by atoms with Gasteiger partial charge in [0, 0.05) is 30.3 Å². The lowest BCUT2D eigenvalue weighted by Gasteiger charge is -2.21. The van der Waals surface area contributed by atoms with E-state index in [1.54, 1.807) is 11.1 Å². The molecule has 0 atom stereocenters. The minimum Gasteiger partial charge on any atom is -0.311 e. The number of benzene rings is 2. The molecule has 0 aliphatic heterocycles. The number of imidazole rings is 1. The molecule has 5 nitrogen and oxygen atoms in total. The molecule has 2 aromatic carbocycles. The van der Waals surface area contributed by atoms with Crippen LogP contribution in [-0.2, 0) is 4.79 Å². The second kappa shape index (κ2) is 9.25. The molecule has 0 saturated heterocycles. The van der Waals surface area contributed by atoms with Crippen molar-refractivity contribution in [1.29, 1.82) is 5.26 Å². The average molecular weight is 391 g/mol. The average Bonchev–Trinajstić information content (AvgIpc) is 3.15. The van der Waals surface area contributed by atoms with Crippen molar-refractivity contribution in [3.8, 4) is 11.8 Å². The van der Waals surface area contributed by atoms with Crippen molar-refractivity contribution in [3.05, 3.63) is 72.1 Å². The van der Waals surface area contributed by atoms with Crippen LogP contribution in [0, 0.1) is 25.2 Å². The Labute approximate surface area is 169 Å². The lowest BCUT2D eigenvalue weighted by atomic mass is 10.1. The maximum absolute atomic E-state index is 12.9. The summed E-state index contributed by atoms with van der Waals surface area (Å²) >= 11 is 1.40. The van der Waals surface area contributed by atoms with Gasteiger partial charge in [-0.2, -0.15) is 5.26 Å². The topological polar surface area (TPSA) is 61.9 Å². The van der Waals surface area contributed by atoms with E-state index in [1.165, 1.54) is 22.9 Å². The molecule has 1 aromatic heterocycles. The number of aryl methyl sites for hydroxylation is 2. The summed E-state index contributed by atoms with van der Waals surface area (Å²) < 4.78 is 2.00. The van der Waals surface area contributed by atoms with E-state index in [4.69, 9.17) is 5.26 Å². The number of rotatable bonds is 7. The van der Waals surface area contributed by atoms with E-state index in [0.29, 0.717) is 13.0 Å². The fourth-order valence-corrected chi connectivity index (χ4v) is 3.90. The number of hydrogen-bond acceptors (Lipinski definition) is 4. The number of nitriles is 1. The van der Waals surface area contributed by atoms with E-state index in [0.717, 1.165) is 16.5 Å². The Kier molecular flexibility index (Phi) is 6.51. The van der Waals surface area contributed by atoms with E-state index < -0.39 is 0 Å². The first-order chi connectivity index (χ1) is 13.6. The number of anilines is 1. The van der Waals surface area contributed by atoms with Gasteiger partial charge < -0.3 is 4.90 Å². The lowest BCUT2D eigenvalue weighted by molar-refractivity contribution is -0.116. The molecule has 1 amide bonds. The fraction of sp³-hybridized carbons (Fsp3) is 0.227. The van der Waals surface area contributed by atoms with Crippen LogP contribution in [0.4, 0.5) is 5.69 Å². The van der Waals surface area contributed by atoms with Gasteiger partial charge in [-0.05, 0) is 49.2 Å². The first kappa shape index (κ1) is 19.7. The van der Waals surface area contributed by atoms with E-state index >= 15 is 0 Å². The molecule has 0 aliphatic rings. The predicted octanol–water partition coefficient (Wildman–Crippen LogP) is 4.53. The molecule has 0 bridgehead atoms. The number of carbonyl (C=O) groups is 1. The van der Waals surface area contributed by atoms with E-state index in [1.807, 2.05) is 41.1 Å². The second-order valence-electron chi connectivity index (χ2n) is 6.50. The molecular weight excluding hydrogens is 368 g/mol. The van der Waals surface area contributed by atoms with Crippen molar-refractivity contribution in [2.24, 2.45) is 0 Å². The number of aromatic nitrogens is 2. The SMILES string of the molecule is Cc1cc(C)cc(-n2ccnc2SCC(=O)N(CCC#N)c2ccccc2)c1. The predicted molar refractivity (Wildman–Crippen MR) is 113 cm³/mol. The van der Waals surface area contributed by atoms with Crippen LogP contribution in [-0.4, -0.2) is 27.8 Å². The van der Waals surface area contributed by atoms with Crippen LogP contribution >= 0.6 is 11.8 Å². The van der Waals surface area contributed by atoms with Gasteiger partial charge in [0.25, 0.3) is 0 Å². The molecule has 3 rings (SSSR count). The van der Waals surface area contributed by atoms with Gasteiger partial charge in [-0.3, -0.25) is 9.36 Å². The van der Waals surface area contributed by atoms with Gasteiger partial charge in [0.1, 0.15) is 0 Å². The van der Waals surface area contributed by atoms with E-state index in [9.17, 15) is 4.79 Å². The van der Waals surface area contributed by atoms with Crippen molar-refractivity contribution >= 4 is 23.4 Å². The Morgan fingerprint density at radius 3 is 2.57 bits per heavy atom. The number of para-hydroxylation sites is 1. The summed E-state index contributed by atoms with van der Waals surface area (Å²) in [5.41, 5.74) is 4.21. The van der Waals surface area contributed by atoms with Crippen LogP contribution in [0.25, 0.3) is 5.69 Å². The Balaban J connectivity index is 1.75. The van der Waals surface area contributed by atoms with Crippen LogP contribution < -0.4 is 4.90 Å². The van der Waals surface area contributed by atoms with Gasteiger partial charge in [0.15, 0.2) is 5.16 Å². The standard InChI is InChI=1S/C22H22N4OS/c1-17-13-18(2)15-20(14-17)26-12-10-24-22(26)28-16-21(27)25(11-6-9-23)19-7-4-3-5-8-19/h3-5,7-8,10,12-15H,6,11,16H2,1-2H3. The highest BCUT2D eigenvalue weighted by atomic mass is 32.2. The van der Waals surface area contributed by atoms with Gasteiger partial charge in [-0.1, -0.05) is 36.0 Å². The summed E-state index contributed by atoms with van der Waals surface area (Å²) in [5, 5.41) is 9.69. The van der Waals surface area contributed by atoms with Crippen LogP contribution in [0.2, 0.25) is 0 Å². The fourth-order valence-electron chi connectivity index (χ4n) is 3.05. The van der Waals surface area contributed by atoms with Gasteiger partial charge in [-0.15, -0.1) is 0 Å². The van der Waals surface area contributed by atoms with Crippen LogP contribution in [0.3, 0.4) is 0 Å². The molecule has 1 heterocycles. The first-order valence-corrected chi connectivity index (χ1v) is 10.0. The molecule has 0 aliphatic carbocycles. The number of nitrogens with zero attached hydrogens (tertiary/aromatic N) is 4. The number of carbonyl (C=O) groups excluding carboxylic acids is 1. The zero-order valence-electron chi connectivity index (χ0n) is 16.0. The third-order valence-electron chi connectivity index (χ3n) is 4.23. The summed E-state index contributed by atoms with van der Waals surface area (Å²) in [5.74, 6) is 0.212. The monoisotopic (exact) mass is 390 g/mol. The molecule has 142 valence electrons. The molecule has 6 heteroatoms. The van der Waals surface area contributed by atoms with Crippen molar-refractivity contribution in [3.63, 3.8) is 0 Å². The minimum absolute atomic E-state index is 0.0403. The maximum Gasteiger partial charge on any atom is 0.237 e. The van der Waals surface area contributed by atoms with Crippen LogP contribution in [0.1, 0.15) is 17.5 Å². The largest absolute Gasteiger partial charge is 0.311 e. The molecule has 3 aromatic rings. The lowest BCUT2D eigenvalue weighted by Crippen LogP contribution is -2.33. The summed E-state index contributed by atoms with van der Waals surface area (Å²) in [4.78, 5) is 18.9. The summed E-state index contributed by atoms with van der Waals surface area (Å²) in [6.45, 7) is 4.51. The highest BCUT2D eigenvalue weighted by Gasteiger charge is 2.17. The highest BCUT2D eigenvalue weighted by molar-refractivity contribution is 7.99. The molecule has 0 unspecified atom stereocenters. The molecule has 0 saturated carbocycles. The Hall–Kier alpha value is -3.04. The maximum atomic E-state index is 12.9. The highest BCUT2D eigenvalue weighted by Crippen LogP contribution is 2.23. The number of amides is 1. The second-order valence-corrected chi connectivity index (χ2v) is 7.45. The summed E-state index contributed by atoms with van der Waals surface area (Å²) in [7, 11) is 0. The molecule has 0 spiro atoms. The van der Waals surface area contributed by atoms with Gasteiger partial charge in [0.2, 0.25) is 5.91 Å². The normalized spacial score (nSPS) is 10.5. The third-order valence-corrected chi connectivity index (χ3v) is 5.18. The third kappa shape index (κ3) is 4.81. The van der Waals surface area contributed by atoms with Crippen molar-refractivity contribution in [1.82, 2.24) is 9.55 Å².